The SMILES string of the molecule is CCC[C@](CC=O)(O[Si](C)(C)C(C)(C)C)C1CCCC1. The second kappa shape index (κ2) is 6.74. The quantitative estimate of drug-likeness (QED) is 0.469. The molecule has 0 aromatic heterocycles. The summed E-state index contributed by atoms with van der Waals surface area (Å²) in [4.78, 5) is 11.3. The Labute approximate surface area is 126 Å². The average molecular weight is 299 g/mol. The van der Waals surface area contributed by atoms with Gasteiger partial charge in [-0.05, 0) is 43.3 Å². The van der Waals surface area contributed by atoms with Gasteiger partial charge in [-0.3, -0.25) is 0 Å². The zero-order valence-electron chi connectivity index (χ0n) is 14.4. The van der Waals surface area contributed by atoms with Crippen molar-refractivity contribution in [1.29, 1.82) is 0 Å². The van der Waals surface area contributed by atoms with Gasteiger partial charge in [-0.2, -0.15) is 0 Å². The summed E-state index contributed by atoms with van der Waals surface area (Å²) in [5, 5.41) is 0.202. The Balaban J connectivity index is 3.04. The molecule has 3 heteroatoms. The van der Waals surface area contributed by atoms with E-state index in [-0.39, 0.29) is 10.6 Å². The maximum atomic E-state index is 11.3. The van der Waals surface area contributed by atoms with E-state index in [1.807, 2.05) is 0 Å². The predicted molar refractivity (Wildman–Crippen MR) is 88.6 cm³/mol. The predicted octanol–water partition coefficient (Wildman–Crippen LogP) is 5.33. The molecule has 1 aliphatic carbocycles. The summed E-state index contributed by atoms with van der Waals surface area (Å²) in [6.45, 7) is 13.7. The minimum absolute atomic E-state index is 0.185. The Morgan fingerprint density at radius 3 is 2.15 bits per heavy atom. The summed E-state index contributed by atoms with van der Waals surface area (Å²) in [7, 11) is -1.84. The summed E-state index contributed by atoms with van der Waals surface area (Å²) in [6.07, 6.45) is 8.89. The third-order valence-corrected chi connectivity index (χ3v) is 10.00. The molecule has 0 radical (unpaired) electrons. The maximum absolute atomic E-state index is 11.3. The fourth-order valence-electron chi connectivity index (χ4n) is 3.33. The van der Waals surface area contributed by atoms with Crippen molar-refractivity contribution in [1.82, 2.24) is 0 Å². The molecule has 0 aliphatic heterocycles. The van der Waals surface area contributed by atoms with E-state index in [9.17, 15) is 4.79 Å². The van der Waals surface area contributed by atoms with Gasteiger partial charge in [0.15, 0.2) is 8.32 Å². The number of hydrogen-bond donors (Lipinski definition) is 0. The van der Waals surface area contributed by atoms with Gasteiger partial charge in [0.25, 0.3) is 0 Å². The molecule has 1 rings (SSSR count). The lowest BCUT2D eigenvalue weighted by Crippen LogP contribution is -2.53. The molecular weight excluding hydrogens is 264 g/mol. The molecule has 0 bridgehead atoms. The first-order valence-corrected chi connectivity index (χ1v) is 11.2. The highest BCUT2D eigenvalue weighted by Crippen LogP contribution is 2.47. The molecular formula is C17H34O2Si. The van der Waals surface area contributed by atoms with Gasteiger partial charge in [0.05, 0.1) is 5.60 Å². The molecule has 20 heavy (non-hydrogen) atoms. The number of carbonyl (C=O) groups is 1. The zero-order chi connectivity index (χ0) is 15.4. The first-order chi connectivity index (χ1) is 9.18. The topological polar surface area (TPSA) is 26.3 Å². The fraction of sp³-hybridized carbons (Fsp3) is 0.941. The third-order valence-electron chi connectivity index (χ3n) is 5.47. The van der Waals surface area contributed by atoms with Crippen LogP contribution in [0.1, 0.15) is 72.6 Å². The molecule has 0 aromatic carbocycles. The fourth-order valence-corrected chi connectivity index (χ4v) is 5.00. The number of rotatable bonds is 7. The Morgan fingerprint density at radius 1 is 1.20 bits per heavy atom. The van der Waals surface area contributed by atoms with E-state index >= 15 is 0 Å². The van der Waals surface area contributed by atoms with Crippen LogP contribution >= 0.6 is 0 Å². The van der Waals surface area contributed by atoms with Crippen LogP contribution in [0, 0.1) is 5.92 Å². The first kappa shape index (κ1) is 17.9. The van der Waals surface area contributed by atoms with Gasteiger partial charge in [-0.1, -0.05) is 47.0 Å². The van der Waals surface area contributed by atoms with Crippen molar-refractivity contribution in [3.63, 3.8) is 0 Å². The highest BCUT2D eigenvalue weighted by molar-refractivity contribution is 6.74. The molecule has 0 saturated heterocycles. The highest BCUT2D eigenvalue weighted by atomic mass is 28.4. The van der Waals surface area contributed by atoms with Crippen LogP contribution in [0.3, 0.4) is 0 Å². The second-order valence-electron chi connectivity index (χ2n) is 8.03. The lowest BCUT2D eigenvalue weighted by Gasteiger charge is -2.48. The number of aldehydes is 1. The van der Waals surface area contributed by atoms with E-state index in [1.54, 1.807) is 0 Å². The third kappa shape index (κ3) is 3.94. The second-order valence-corrected chi connectivity index (χ2v) is 12.8. The number of hydrogen-bond acceptors (Lipinski definition) is 2. The molecule has 0 N–H and O–H groups in total. The maximum Gasteiger partial charge on any atom is 0.192 e. The summed E-state index contributed by atoms with van der Waals surface area (Å²) in [5.41, 5.74) is -0.185. The van der Waals surface area contributed by atoms with Gasteiger partial charge in [0.2, 0.25) is 0 Å². The van der Waals surface area contributed by atoms with Gasteiger partial charge in [0, 0.05) is 6.42 Å². The van der Waals surface area contributed by atoms with Gasteiger partial charge in [0.1, 0.15) is 6.29 Å². The summed E-state index contributed by atoms with van der Waals surface area (Å²) in [6, 6.07) is 0. The van der Waals surface area contributed by atoms with E-state index in [2.05, 4.69) is 40.8 Å². The normalized spacial score (nSPS) is 20.9. The van der Waals surface area contributed by atoms with Gasteiger partial charge >= 0.3 is 0 Å². The molecule has 0 heterocycles. The smallest absolute Gasteiger partial charge is 0.192 e. The van der Waals surface area contributed by atoms with Crippen LogP contribution in [0.15, 0.2) is 0 Å². The molecule has 118 valence electrons. The van der Waals surface area contributed by atoms with Crippen molar-refractivity contribution in [3.8, 4) is 0 Å². The van der Waals surface area contributed by atoms with Crippen LogP contribution in [-0.4, -0.2) is 20.2 Å². The van der Waals surface area contributed by atoms with Crippen LogP contribution in [-0.2, 0) is 9.22 Å². The van der Waals surface area contributed by atoms with Gasteiger partial charge in [-0.15, -0.1) is 0 Å². The van der Waals surface area contributed by atoms with E-state index < -0.39 is 8.32 Å². The minimum atomic E-state index is -1.84. The zero-order valence-corrected chi connectivity index (χ0v) is 15.4. The van der Waals surface area contributed by atoms with Crippen LogP contribution in [0.4, 0.5) is 0 Å². The molecule has 1 saturated carbocycles. The summed E-state index contributed by atoms with van der Waals surface area (Å²) >= 11 is 0. The molecule has 2 nitrogen and oxygen atoms in total. The van der Waals surface area contributed by atoms with Crippen molar-refractivity contribution >= 4 is 14.6 Å². The Hall–Kier alpha value is -0.153. The molecule has 1 fully saturated rings. The monoisotopic (exact) mass is 298 g/mol. The van der Waals surface area contributed by atoms with Crippen molar-refractivity contribution in [2.75, 3.05) is 0 Å². The lowest BCUT2D eigenvalue weighted by atomic mass is 9.80. The van der Waals surface area contributed by atoms with Crippen LogP contribution < -0.4 is 0 Å². The van der Waals surface area contributed by atoms with E-state index in [4.69, 9.17) is 4.43 Å². The van der Waals surface area contributed by atoms with Crippen LogP contribution in [0.2, 0.25) is 18.1 Å². The molecule has 0 amide bonds. The largest absolute Gasteiger partial charge is 0.411 e. The summed E-state index contributed by atoms with van der Waals surface area (Å²) in [5.74, 6) is 0.585. The molecule has 0 aromatic rings. The standard InChI is InChI=1S/C17H34O2Si/c1-7-12-17(13-14-18,15-10-8-9-11-15)19-20(5,6)16(2,3)4/h14-15H,7-13H2,1-6H3/t17-/m1/s1. The van der Waals surface area contributed by atoms with Crippen molar-refractivity contribution in [2.24, 2.45) is 5.92 Å². The average Bonchev–Trinajstić information content (AvgIpc) is 2.81. The van der Waals surface area contributed by atoms with E-state index in [0.29, 0.717) is 12.3 Å². The molecule has 0 spiro atoms. The van der Waals surface area contributed by atoms with Crippen LogP contribution in [0.25, 0.3) is 0 Å². The van der Waals surface area contributed by atoms with Crippen LogP contribution in [0.5, 0.6) is 0 Å². The van der Waals surface area contributed by atoms with Crippen molar-refractivity contribution in [3.05, 3.63) is 0 Å². The molecule has 0 unspecified atom stereocenters. The van der Waals surface area contributed by atoms with E-state index in [0.717, 1.165) is 19.1 Å². The summed E-state index contributed by atoms with van der Waals surface area (Å²) < 4.78 is 6.86. The Kier molecular flexibility index (Phi) is 6.03. The van der Waals surface area contributed by atoms with Gasteiger partial charge in [-0.25, -0.2) is 0 Å². The number of carbonyl (C=O) groups excluding carboxylic acids is 1. The van der Waals surface area contributed by atoms with Gasteiger partial charge < -0.3 is 9.22 Å². The van der Waals surface area contributed by atoms with Crippen molar-refractivity contribution < 1.29 is 9.22 Å². The minimum Gasteiger partial charge on any atom is -0.411 e. The lowest BCUT2D eigenvalue weighted by molar-refractivity contribution is -0.114. The Morgan fingerprint density at radius 2 is 1.75 bits per heavy atom. The van der Waals surface area contributed by atoms with E-state index in [1.165, 1.54) is 25.7 Å². The molecule has 1 aliphatic rings. The Bertz CT molecular complexity index is 313. The molecule has 1 atom stereocenters. The first-order valence-electron chi connectivity index (χ1n) is 8.32. The highest BCUT2D eigenvalue weighted by Gasteiger charge is 2.48. The van der Waals surface area contributed by atoms with Crippen molar-refractivity contribution in [2.45, 2.75) is 96.4 Å².